The van der Waals surface area contributed by atoms with Crippen molar-refractivity contribution in [1.82, 2.24) is 9.80 Å². The third-order valence-corrected chi connectivity index (χ3v) is 6.89. The Bertz CT molecular complexity index is 1170. The lowest BCUT2D eigenvalue weighted by Crippen LogP contribution is -2.46. The molecule has 0 N–H and O–H groups in total. The SMILES string of the molecule is CCN1CCCCCN(C(=O)Cc2ccc(F)cc2)[C@@H](Cc2ccccc2)COc2ccccc2C1=O. The van der Waals surface area contributed by atoms with Gasteiger partial charge in [-0.25, -0.2) is 4.39 Å². The molecule has 2 amide bonds. The van der Waals surface area contributed by atoms with Crippen LogP contribution >= 0.6 is 0 Å². The van der Waals surface area contributed by atoms with E-state index in [1.165, 1.54) is 12.1 Å². The minimum atomic E-state index is -0.316. The molecule has 1 heterocycles. The Labute approximate surface area is 218 Å². The number of rotatable bonds is 5. The Hall–Kier alpha value is -3.67. The Morgan fingerprint density at radius 3 is 2.35 bits per heavy atom. The van der Waals surface area contributed by atoms with Gasteiger partial charge < -0.3 is 14.5 Å². The fourth-order valence-corrected chi connectivity index (χ4v) is 4.82. The van der Waals surface area contributed by atoms with Crippen LogP contribution in [-0.4, -0.2) is 53.9 Å². The van der Waals surface area contributed by atoms with Crippen LogP contribution < -0.4 is 4.74 Å². The van der Waals surface area contributed by atoms with Gasteiger partial charge in [0.2, 0.25) is 5.91 Å². The van der Waals surface area contributed by atoms with Gasteiger partial charge in [-0.05, 0) is 68.0 Å². The van der Waals surface area contributed by atoms with E-state index in [0.29, 0.717) is 37.4 Å². The first-order valence-corrected chi connectivity index (χ1v) is 13.1. The van der Waals surface area contributed by atoms with Crippen LogP contribution in [0, 0.1) is 5.82 Å². The molecule has 0 aromatic heterocycles. The zero-order chi connectivity index (χ0) is 26.0. The lowest BCUT2D eigenvalue weighted by atomic mass is 10.0. The number of carbonyl (C=O) groups excluding carboxylic acids is 2. The van der Waals surface area contributed by atoms with Crippen molar-refractivity contribution in [3.63, 3.8) is 0 Å². The van der Waals surface area contributed by atoms with Gasteiger partial charge in [-0.2, -0.15) is 0 Å². The molecule has 0 saturated carbocycles. The van der Waals surface area contributed by atoms with Gasteiger partial charge >= 0.3 is 0 Å². The Kier molecular flexibility index (Phi) is 9.30. The number of carbonyl (C=O) groups is 2. The maximum atomic E-state index is 13.6. The topological polar surface area (TPSA) is 49.9 Å². The smallest absolute Gasteiger partial charge is 0.257 e. The van der Waals surface area contributed by atoms with E-state index in [4.69, 9.17) is 4.74 Å². The summed E-state index contributed by atoms with van der Waals surface area (Å²) in [5.74, 6) is 0.184. The average Bonchev–Trinajstić information content (AvgIpc) is 2.93. The summed E-state index contributed by atoms with van der Waals surface area (Å²) < 4.78 is 19.7. The molecule has 0 unspecified atom stereocenters. The van der Waals surface area contributed by atoms with E-state index in [-0.39, 0.29) is 36.7 Å². The van der Waals surface area contributed by atoms with Crippen molar-refractivity contribution in [2.75, 3.05) is 26.2 Å². The molecular weight excluding hydrogens is 467 g/mol. The number of hydrogen-bond acceptors (Lipinski definition) is 3. The highest BCUT2D eigenvalue weighted by Gasteiger charge is 2.27. The van der Waals surface area contributed by atoms with Crippen LogP contribution in [0.3, 0.4) is 0 Å². The zero-order valence-electron chi connectivity index (χ0n) is 21.4. The third-order valence-electron chi connectivity index (χ3n) is 6.89. The first kappa shape index (κ1) is 26.4. The van der Waals surface area contributed by atoms with Gasteiger partial charge in [-0.15, -0.1) is 0 Å². The molecule has 0 saturated heterocycles. The average molecular weight is 503 g/mol. The molecule has 5 nitrogen and oxygen atoms in total. The lowest BCUT2D eigenvalue weighted by molar-refractivity contribution is -0.133. The summed E-state index contributed by atoms with van der Waals surface area (Å²) in [5.41, 5.74) is 2.44. The minimum Gasteiger partial charge on any atom is -0.491 e. The van der Waals surface area contributed by atoms with Crippen molar-refractivity contribution < 1.29 is 18.7 Å². The standard InChI is InChI=1S/C31H35FN2O3/c1-2-33-19-9-4-10-20-34(30(35)22-25-15-17-26(32)18-16-25)27(21-24-11-5-3-6-12-24)23-37-29-14-8-7-13-28(29)31(33)36/h3,5-8,11-18,27H,2,4,9-10,19-23H2,1H3/t27-/m0/s1. The quantitative estimate of drug-likeness (QED) is 0.461. The monoisotopic (exact) mass is 502 g/mol. The number of ether oxygens (including phenoxy) is 1. The second kappa shape index (κ2) is 13.0. The molecule has 6 heteroatoms. The van der Waals surface area contributed by atoms with Crippen LogP contribution in [0.15, 0.2) is 78.9 Å². The predicted molar refractivity (Wildman–Crippen MR) is 143 cm³/mol. The van der Waals surface area contributed by atoms with E-state index in [0.717, 1.165) is 30.4 Å². The number of benzene rings is 3. The highest BCUT2D eigenvalue weighted by molar-refractivity contribution is 5.97. The number of fused-ring (bicyclic) bond motifs is 1. The van der Waals surface area contributed by atoms with E-state index in [1.54, 1.807) is 12.1 Å². The molecule has 4 rings (SSSR count). The third kappa shape index (κ3) is 7.19. The highest BCUT2D eigenvalue weighted by atomic mass is 19.1. The molecule has 37 heavy (non-hydrogen) atoms. The molecule has 1 aliphatic heterocycles. The van der Waals surface area contributed by atoms with Crippen LogP contribution in [0.5, 0.6) is 5.75 Å². The largest absolute Gasteiger partial charge is 0.491 e. The fourth-order valence-electron chi connectivity index (χ4n) is 4.82. The number of nitrogens with zero attached hydrogens (tertiary/aromatic N) is 2. The Morgan fingerprint density at radius 2 is 1.59 bits per heavy atom. The molecule has 3 aromatic carbocycles. The van der Waals surface area contributed by atoms with Crippen LogP contribution in [0.1, 0.15) is 47.7 Å². The zero-order valence-corrected chi connectivity index (χ0v) is 21.4. The molecule has 0 spiro atoms. The van der Waals surface area contributed by atoms with E-state index >= 15 is 0 Å². The summed E-state index contributed by atoms with van der Waals surface area (Å²) in [7, 11) is 0. The van der Waals surface area contributed by atoms with Gasteiger partial charge in [0.25, 0.3) is 5.91 Å². The van der Waals surface area contributed by atoms with E-state index in [1.807, 2.05) is 59.2 Å². The van der Waals surface area contributed by atoms with Crippen molar-refractivity contribution >= 4 is 11.8 Å². The maximum Gasteiger partial charge on any atom is 0.257 e. The second-order valence-corrected chi connectivity index (χ2v) is 9.49. The van der Waals surface area contributed by atoms with Gasteiger partial charge in [0.05, 0.1) is 18.0 Å². The number of hydrogen-bond donors (Lipinski definition) is 0. The number of para-hydroxylation sites is 1. The van der Waals surface area contributed by atoms with Crippen LogP contribution in [0.25, 0.3) is 0 Å². The summed E-state index contributed by atoms with van der Waals surface area (Å²) >= 11 is 0. The highest BCUT2D eigenvalue weighted by Crippen LogP contribution is 2.23. The predicted octanol–water partition coefficient (Wildman–Crippen LogP) is 5.53. The lowest BCUT2D eigenvalue weighted by Gasteiger charge is -2.32. The van der Waals surface area contributed by atoms with Gasteiger partial charge in [0, 0.05) is 19.6 Å². The van der Waals surface area contributed by atoms with Gasteiger partial charge in [-0.3, -0.25) is 9.59 Å². The molecule has 1 atom stereocenters. The molecule has 0 fully saturated rings. The van der Waals surface area contributed by atoms with E-state index < -0.39 is 0 Å². The first-order chi connectivity index (χ1) is 18.0. The van der Waals surface area contributed by atoms with Crippen molar-refractivity contribution in [3.8, 4) is 5.75 Å². The molecule has 0 bridgehead atoms. The molecule has 1 aliphatic rings. The van der Waals surface area contributed by atoms with E-state index in [9.17, 15) is 14.0 Å². The number of halogens is 1. The maximum absolute atomic E-state index is 13.6. The van der Waals surface area contributed by atoms with Crippen molar-refractivity contribution in [2.24, 2.45) is 0 Å². The van der Waals surface area contributed by atoms with Crippen molar-refractivity contribution in [2.45, 2.75) is 45.1 Å². The molecule has 3 aromatic rings. The molecular formula is C31H35FN2O3. The molecule has 0 radical (unpaired) electrons. The molecule has 0 aliphatic carbocycles. The van der Waals surface area contributed by atoms with E-state index in [2.05, 4.69) is 12.1 Å². The van der Waals surface area contributed by atoms with Crippen molar-refractivity contribution in [3.05, 3.63) is 101 Å². The second-order valence-electron chi connectivity index (χ2n) is 9.49. The summed E-state index contributed by atoms with van der Waals surface area (Å²) in [5, 5.41) is 0. The summed E-state index contributed by atoms with van der Waals surface area (Å²) in [6.45, 7) is 4.15. The van der Waals surface area contributed by atoms with Crippen LogP contribution in [0.4, 0.5) is 4.39 Å². The summed E-state index contributed by atoms with van der Waals surface area (Å²) in [4.78, 5) is 30.7. The van der Waals surface area contributed by atoms with Crippen LogP contribution in [0.2, 0.25) is 0 Å². The number of amides is 2. The van der Waals surface area contributed by atoms with Crippen molar-refractivity contribution in [1.29, 1.82) is 0 Å². The minimum absolute atomic E-state index is 0.00874. The fraction of sp³-hybridized carbons (Fsp3) is 0.355. The first-order valence-electron chi connectivity index (χ1n) is 13.1. The van der Waals surface area contributed by atoms with Gasteiger partial charge in [0.1, 0.15) is 18.2 Å². The Morgan fingerprint density at radius 1 is 0.892 bits per heavy atom. The summed E-state index contributed by atoms with van der Waals surface area (Å²) in [6.07, 6.45) is 3.44. The van der Waals surface area contributed by atoms with Gasteiger partial charge in [-0.1, -0.05) is 54.6 Å². The Balaban J connectivity index is 1.64. The molecule has 194 valence electrons. The van der Waals surface area contributed by atoms with Gasteiger partial charge in [0.15, 0.2) is 0 Å². The summed E-state index contributed by atoms with van der Waals surface area (Å²) in [6, 6.07) is 23.3. The normalized spacial score (nSPS) is 17.1. The van der Waals surface area contributed by atoms with Crippen LogP contribution in [-0.2, 0) is 17.6 Å².